The normalized spacial score (nSPS) is 10.8. The van der Waals surface area contributed by atoms with E-state index in [2.05, 4.69) is 21.2 Å². The number of fused-ring (bicyclic) bond motifs is 1. The summed E-state index contributed by atoms with van der Waals surface area (Å²) in [6, 6.07) is 14.6. The topological polar surface area (TPSA) is 51.1 Å². The molecular weight excluding hydrogens is 388 g/mol. The van der Waals surface area contributed by atoms with Crippen molar-refractivity contribution in [2.45, 2.75) is 11.4 Å². The van der Waals surface area contributed by atoms with E-state index in [0.717, 1.165) is 20.6 Å². The number of rotatable bonds is 4. The van der Waals surface area contributed by atoms with E-state index in [0.29, 0.717) is 5.39 Å². The van der Waals surface area contributed by atoms with Crippen LogP contribution in [0.3, 0.4) is 0 Å². The molecule has 122 valence electrons. The molecule has 1 heterocycles. The van der Waals surface area contributed by atoms with E-state index in [1.54, 1.807) is 28.6 Å². The molecule has 4 nitrogen and oxygen atoms in total. The lowest BCUT2D eigenvalue weighted by atomic mass is 10.2. The average Bonchev–Trinajstić information content (AvgIpc) is 2.57. The highest BCUT2D eigenvalue weighted by Gasteiger charge is 2.08. The Morgan fingerprint density at radius 2 is 2.04 bits per heavy atom. The Labute approximate surface area is 152 Å². The number of carbonyl (C=O) groups is 1. The van der Waals surface area contributed by atoms with Crippen LogP contribution in [-0.2, 0) is 11.3 Å². The molecule has 1 amide bonds. The molecule has 0 saturated heterocycles. The lowest BCUT2D eigenvalue weighted by molar-refractivity contribution is -0.116. The zero-order valence-corrected chi connectivity index (χ0v) is 15.4. The molecule has 3 rings (SSSR count). The fraction of sp³-hybridized carbons (Fsp3) is 0.111. The molecule has 0 saturated carbocycles. The molecule has 0 aliphatic rings. The molecule has 0 spiro atoms. The van der Waals surface area contributed by atoms with Crippen molar-refractivity contribution < 1.29 is 4.79 Å². The van der Waals surface area contributed by atoms with Crippen molar-refractivity contribution >= 4 is 50.2 Å². The first-order chi connectivity index (χ1) is 11.6. The van der Waals surface area contributed by atoms with Crippen molar-refractivity contribution in [2.75, 3.05) is 11.6 Å². The van der Waals surface area contributed by atoms with Crippen molar-refractivity contribution in [3.05, 3.63) is 69.4 Å². The van der Waals surface area contributed by atoms with Crippen molar-refractivity contribution in [3.8, 4) is 0 Å². The number of halogens is 1. The molecule has 0 aliphatic heterocycles. The van der Waals surface area contributed by atoms with Gasteiger partial charge in [-0.15, -0.1) is 11.8 Å². The van der Waals surface area contributed by atoms with Crippen LogP contribution in [0, 0.1) is 0 Å². The number of benzene rings is 2. The van der Waals surface area contributed by atoms with Gasteiger partial charge in [0, 0.05) is 32.7 Å². The molecule has 0 atom stereocenters. The highest BCUT2D eigenvalue weighted by Crippen LogP contribution is 2.20. The van der Waals surface area contributed by atoms with Gasteiger partial charge in [0.25, 0.3) is 0 Å². The molecule has 1 N–H and O–H groups in total. The number of nitrogens with one attached hydrogen (secondary N) is 1. The molecule has 2 aromatic carbocycles. The molecule has 1 aromatic heterocycles. The average molecular weight is 403 g/mol. The van der Waals surface area contributed by atoms with E-state index >= 15 is 0 Å². The number of anilines is 1. The van der Waals surface area contributed by atoms with Crippen LogP contribution in [0.25, 0.3) is 10.9 Å². The molecule has 3 aromatic rings. The minimum absolute atomic E-state index is 0.0539. The third-order valence-electron chi connectivity index (χ3n) is 3.61. The maximum Gasteiger partial charge on any atom is 0.244 e. The van der Waals surface area contributed by atoms with E-state index in [9.17, 15) is 9.59 Å². The number of amides is 1. The van der Waals surface area contributed by atoms with E-state index in [-0.39, 0.29) is 17.9 Å². The monoisotopic (exact) mass is 402 g/mol. The predicted octanol–water partition coefficient (Wildman–Crippen LogP) is 4.12. The summed E-state index contributed by atoms with van der Waals surface area (Å²) < 4.78 is 2.64. The molecule has 0 unspecified atom stereocenters. The number of hydrogen-bond acceptors (Lipinski definition) is 3. The second kappa shape index (κ2) is 7.23. The number of pyridine rings is 1. The van der Waals surface area contributed by atoms with Gasteiger partial charge in [0.05, 0.1) is 5.52 Å². The first kappa shape index (κ1) is 16.8. The third kappa shape index (κ3) is 3.71. The van der Waals surface area contributed by atoms with Crippen LogP contribution in [0.15, 0.2) is 68.9 Å². The van der Waals surface area contributed by atoms with Crippen molar-refractivity contribution in [1.82, 2.24) is 4.57 Å². The van der Waals surface area contributed by atoms with Gasteiger partial charge in [0.1, 0.15) is 6.54 Å². The van der Waals surface area contributed by atoms with Gasteiger partial charge in [-0.3, -0.25) is 9.59 Å². The van der Waals surface area contributed by atoms with E-state index < -0.39 is 0 Å². The molecule has 24 heavy (non-hydrogen) atoms. The van der Waals surface area contributed by atoms with E-state index in [1.165, 1.54) is 6.07 Å². The quantitative estimate of drug-likeness (QED) is 0.667. The lowest BCUT2D eigenvalue weighted by Gasteiger charge is -2.12. The summed E-state index contributed by atoms with van der Waals surface area (Å²) in [6.07, 6.45) is 3.64. The largest absolute Gasteiger partial charge is 0.338 e. The summed E-state index contributed by atoms with van der Waals surface area (Å²) in [5, 5.41) is 3.49. The number of hydrogen-bond donors (Lipinski definition) is 1. The number of nitrogens with zero attached hydrogens (tertiary/aromatic N) is 1. The molecule has 6 heteroatoms. The number of carbonyl (C=O) groups excluding carboxylic acids is 1. The minimum Gasteiger partial charge on any atom is -0.338 e. The second-order valence-corrected chi connectivity index (χ2v) is 7.04. The molecular formula is C18H15BrN2O2S. The van der Waals surface area contributed by atoms with Crippen LogP contribution >= 0.6 is 27.7 Å². The maximum absolute atomic E-state index is 12.4. The third-order valence-corrected chi connectivity index (χ3v) is 4.83. The maximum atomic E-state index is 12.4. The highest BCUT2D eigenvalue weighted by atomic mass is 79.9. The molecule has 0 radical (unpaired) electrons. The molecule has 0 fully saturated rings. The fourth-order valence-electron chi connectivity index (χ4n) is 2.47. The van der Waals surface area contributed by atoms with Gasteiger partial charge in [0.15, 0.2) is 5.43 Å². The smallest absolute Gasteiger partial charge is 0.244 e. The van der Waals surface area contributed by atoms with Crippen LogP contribution < -0.4 is 10.7 Å². The van der Waals surface area contributed by atoms with Gasteiger partial charge in [-0.05, 0) is 42.7 Å². The van der Waals surface area contributed by atoms with Crippen LogP contribution in [0.5, 0.6) is 0 Å². The predicted molar refractivity (Wildman–Crippen MR) is 103 cm³/mol. The SMILES string of the molecule is CSc1cccc(NC(=O)Cn2ccc(=O)c3ccc(Br)cc32)c1. The molecule has 0 bridgehead atoms. The standard InChI is InChI=1S/C18H15BrN2O2S/c1-24-14-4-2-3-13(10-14)20-18(23)11-21-8-7-17(22)15-6-5-12(19)9-16(15)21/h2-10H,11H2,1H3,(H,20,23). The zero-order valence-electron chi connectivity index (χ0n) is 13.0. The Balaban J connectivity index is 1.86. The first-order valence-corrected chi connectivity index (χ1v) is 9.31. The van der Waals surface area contributed by atoms with Gasteiger partial charge in [-0.2, -0.15) is 0 Å². The van der Waals surface area contributed by atoms with Gasteiger partial charge in [-0.25, -0.2) is 0 Å². The van der Waals surface area contributed by atoms with Crippen molar-refractivity contribution in [1.29, 1.82) is 0 Å². The summed E-state index contributed by atoms with van der Waals surface area (Å²) in [7, 11) is 0. The fourth-order valence-corrected chi connectivity index (χ4v) is 3.28. The van der Waals surface area contributed by atoms with Gasteiger partial charge in [-0.1, -0.05) is 22.0 Å². The summed E-state index contributed by atoms with van der Waals surface area (Å²) in [5.41, 5.74) is 1.44. The molecule has 0 aliphatic carbocycles. The Hall–Kier alpha value is -2.05. The summed E-state index contributed by atoms with van der Waals surface area (Å²) in [6.45, 7) is 0.136. The van der Waals surface area contributed by atoms with E-state index in [4.69, 9.17) is 0 Å². The first-order valence-electron chi connectivity index (χ1n) is 7.29. The van der Waals surface area contributed by atoms with Gasteiger partial charge >= 0.3 is 0 Å². The van der Waals surface area contributed by atoms with Gasteiger partial charge in [0.2, 0.25) is 5.91 Å². The Kier molecular flexibility index (Phi) is 5.06. The minimum atomic E-state index is -0.141. The zero-order chi connectivity index (χ0) is 17.1. The second-order valence-electron chi connectivity index (χ2n) is 5.25. The lowest BCUT2D eigenvalue weighted by Crippen LogP contribution is -2.20. The highest BCUT2D eigenvalue weighted by molar-refractivity contribution is 9.10. The van der Waals surface area contributed by atoms with Crippen molar-refractivity contribution in [3.63, 3.8) is 0 Å². The Bertz CT molecular complexity index is 969. The van der Waals surface area contributed by atoms with Crippen LogP contribution in [0.4, 0.5) is 5.69 Å². The number of aromatic nitrogens is 1. The summed E-state index contributed by atoms with van der Waals surface area (Å²) >= 11 is 5.03. The van der Waals surface area contributed by atoms with Crippen LogP contribution in [0.1, 0.15) is 0 Å². The van der Waals surface area contributed by atoms with Crippen LogP contribution in [-0.4, -0.2) is 16.7 Å². The van der Waals surface area contributed by atoms with E-state index in [1.807, 2.05) is 42.7 Å². The number of thioether (sulfide) groups is 1. The van der Waals surface area contributed by atoms with Gasteiger partial charge < -0.3 is 9.88 Å². The Morgan fingerprint density at radius 1 is 1.21 bits per heavy atom. The van der Waals surface area contributed by atoms with Crippen molar-refractivity contribution in [2.24, 2.45) is 0 Å². The van der Waals surface area contributed by atoms with Crippen LogP contribution in [0.2, 0.25) is 0 Å². The Morgan fingerprint density at radius 3 is 2.83 bits per heavy atom. The summed E-state index contributed by atoms with van der Waals surface area (Å²) in [5.74, 6) is -0.141. The summed E-state index contributed by atoms with van der Waals surface area (Å²) in [4.78, 5) is 25.4.